The first-order valence-electron chi connectivity index (χ1n) is 11.1. The highest BCUT2D eigenvalue weighted by molar-refractivity contribution is 7.92. The van der Waals surface area contributed by atoms with Crippen LogP contribution in [0.2, 0.25) is 5.02 Å². The second-order valence-electron chi connectivity index (χ2n) is 8.46. The number of amides is 1. The number of sulfonamides is 1. The lowest BCUT2D eigenvalue weighted by Gasteiger charge is -2.39. The largest absolute Gasteiger partial charge is 0.371 e. The first kappa shape index (κ1) is 24.7. The van der Waals surface area contributed by atoms with E-state index in [1.165, 1.54) is 6.20 Å². The van der Waals surface area contributed by atoms with Crippen molar-refractivity contribution in [2.75, 3.05) is 46.2 Å². The van der Waals surface area contributed by atoms with Gasteiger partial charge in [-0.3, -0.25) is 14.5 Å². The molecule has 1 aliphatic heterocycles. The minimum atomic E-state index is -3.50. The lowest BCUT2D eigenvalue weighted by Crippen LogP contribution is -2.44. The van der Waals surface area contributed by atoms with E-state index in [-0.39, 0.29) is 6.04 Å². The number of piperidine rings is 1. The molecule has 2 N–H and O–H groups in total. The number of hydrogen-bond acceptors (Lipinski definition) is 7. The molecule has 0 atom stereocenters. The van der Waals surface area contributed by atoms with Gasteiger partial charge in [0.1, 0.15) is 5.82 Å². The number of nitrogens with one attached hydrogen (secondary N) is 2. The summed E-state index contributed by atoms with van der Waals surface area (Å²) in [5, 5.41) is 3.23. The standard InChI is InChI=1S/C24H27ClN6O3S/c1-30(19-9-13-31(14-10-19)20-7-11-26-12-8-20)22-5-4-18(29-35(2,33)34)15-21(22)24(32)28-23-6-3-17(25)16-27-23/h3-8,11-12,15-16,19,29H,9-10,13-14H2,1-2H3,(H,27,28,32). The highest BCUT2D eigenvalue weighted by atomic mass is 35.5. The average molecular weight is 515 g/mol. The Labute approximate surface area is 210 Å². The molecule has 3 aromatic rings. The normalized spacial score (nSPS) is 14.4. The second-order valence-corrected chi connectivity index (χ2v) is 10.6. The third-order valence-electron chi connectivity index (χ3n) is 5.93. The molecule has 0 unspecified atom stereocenters. The Bertz CT molecular complexity index is 1280. The van der Waals surface area contributed by atoms with Crippen LogP contribution in [0.5, 0.6) is 0 Å². The minimum absolute atomic E-state index is 0.210. The highest BCUT2D eigenvalue weighted by Gasteiger charge is 2.26. The third-order valence-corrected chi connectivity index (χ3v) is 6.76. The molecule has 0 aliphatic carbocycles. The molecule has 2 aromatic heterocycles. The van der Waals surface area contributed by atoms with Crippen molar-refractivity contribution in [1.82, 2.24) is 9.97 Å². The summed E-state index contributed by atoms with van der Waals surface area (Å²) < 4.78 is 26.0. The Hall–Kier alpha value is -3.37. The van der Waals surface area contributed by atoms with Crippen molar-refractivity contribution in [3.05, 3.63) is 71.6 Å². The maximum Gasteiger partial charge on any atom is 0.258 e. The van der Waals surface area contributed by atoms with E-state index in [0.717, 1.165) is 37.9 Å². The molecule has 35 heavy (non-hydrogen) atoms. The molecule has 1 fully saturated rings. The Morgan fingerprint density at radius 2 is 1.83 bits per heavy atom. The van der Waals surface area contributed by atoms with E-state index in [4.69, 9.17) is 11.6 Å². The van der Waals surface area contributed by atoms with Crippen LogP contribution in [-0.4, -0.2) is 56.7 Å². The quantitative estimate of drug-likeness (QED) is 0.493. The number of hydrogen-bond donors (Lipinski definition) is 2. The molecule has 1 aliphatic rings. The number of pyridine rings is 2. The summed E-state index contributed by atoms with van der Waals surface area (Å²) in [6.07, 6.45) is 7.91. The summed E-state index contributed by atoms with van der Waals surface area (Å²) in [4.78, 5) is 25.9. The van der Waals surface area contributed by atoms with E-state index in [0.29, 0.717) is 27.8 Å². The molecule has 0 saturated carbocycles. The summed E-state index contributed by atoms with van der Waals surface area (Å²) in [6, 6.07) is 12.4. The van der Waals surface area contributed by atoms with Gasteiger partial charge in [0.25, 0.3) is 5.91 Å². The van der Waals surface area contributed by atoms with Crippen LogP contribution in [0.15, 0.2) is 61.1 Å². The molecular formula is C24H27ClN6O3S. The van der Waals surface area contributed by atoms with Gasteiger partial charge in [0.05, 0.1) is 16.8 Å². The van der Waals surface area contributed by atoms with Gasteiger partial charge < -0.3 is 15.1 Å². The van der Waals surface area contributed by atoms with E-state index in [2.05, 4.69) is 29.8 Å². The van der Waals surface area contributed by atoms with Crippen LogP contribution in [0.25, 0.3) is 0 Å². The molecule has 1 saturated heterocycles. The molecule has 0 spiro atoms. The molecular weight excluding hydrogens is 488 g/mol. The van der Waals surface area contributed by atoms with Gasteiger partial charge in [-0.15, -0.1) is 0 Å². The topological polar surface area (TPSA) is 108 Å². The van der Waals surface area contributed by atoms with Crippen LogP contribution < -0.4 is 19.8 Å². The summed E-state index contributed by atoms with van der Waals surface area (Å²) in [6.45, 7) is 1.76. The smallest absolute Gasteiger partial charge is 0.258 e. The minimum Gasteiger partial charge on any atom is -0.371 e. The van der Waals surface area contributed by atoms with Gasteiger partial charge in [0.15, 0.2) is 0 Å². The molecule has 4 rings (SSSR count). The Kier molecular flexibility index (Phi) is 7.42. The van der Waals surface area contributed by atoms with Gasteiger partial charge in [-0.25, -0.2) is 13.4 Å². The number of carbonyl (C=O) groups is 1. The van der Waals surface area contributed by atoms with Crippen molar-refractivity contribution in [3.8, 4) is 0 Å². The van der Waals surface area contributed by atoms with Crippen molar-refractivity contribution < 1.29 is 13.2 Å². The van der Waals surface area contributed by atoms with Gasteiger partial charge in [-0.1, -0.05) is 11.6 Å². The maximum absolute atomic E-state index is 13.3. The van der Waals surface area contributed by atoms with Gasteiger partial charge in [0.2, 0.25) is 10.0 Å². The van der Waals surface area contributed by atoms with Gasteiger partial charge >= 0.3 is 0 Å². The van der Waals surface area contributed by atoms with Crippen molar-refractivity contribution in [3.63, 3.8) is 0 Å². The molecule has 0 bridgehead atoms. The average Bonchev–Trinajstić information content (AvgIpc) is 2.84. The summed E-state index contributed by atoms with van der Waals surface area (Å²) in [5.41, 5.74) is 2.51. The lowest BCUT2D eigenvalue weighted by molar-refractivity contribution is 0.102. The number of benzene rings is 1. The van der Waals surface area contributed by atoms with Crippen molar-refractivity contribution in [1.29, 1.82) is 0 Å². The first-order chi connectivity index (χ1) is 16.7. The zero-order valence-corrected chi connectivity index (χ0v) is 21.1. The molecule has 184 valence electrons. The summed E-state index contributed by atoms with van der Waals surface area (Å²) in [5.74, 6) is -0.0480. The van der Waals surface area contributed by atoms with E-state index < -0.39 is 15.9 Å². The summed E-state index contributed by atoms with van der Waals surface area (Å²) >= 11 is 5.90. The molecule has 3 heterocycles. The number of nitrogens with zero attached hydrogens (tertiary/aromatic N) is 4. The predicted octanol–water partition coefficient (Wildman–Crippen LogP) is 3.86. The van der Waals surface area contributed by atoms with Crippen LogP contribution in [0.3, 0.4) is 0 Å². The number of halogens is 1. The number of rotatable bonds is 7. The maximum atomic E-state index is 13.3. The van der Waals surface area contributed by atoms with Crippen LogP contribution in [0, 0.1) is 0 Å². The fraction of sp³-hybridized carbons (Fsp3) is 0.292. The molecule has 1 amide bonds. The van der Waals surface area contributed by atoms with Gasteiger partial charge in [-0.2, -0.15) is 0 Å². The fourth-order valence-corrected chi connectivity index (χ4v) is 4.87. The van der Waals surface area contributed by atoms with Crippen LogP contribution in [0.4, 0.5) is 22.9 Å². The SMILES string of the molecule is CN(c1ccc(NS(C)(=O)=O)cc1C(=O)Nc1ccc(Cl)cn1)C1CCN(c2ccncc2)CC1. The second kappa shape index (κ2) is 10.5. The predicted molar refractivity (Wildman–Crippen MR) is 140 cm³/mol. The number of anilines is 4. The van der Waals surface area contributed by atoms with Crippen molar-refractivity contribution >= 4 is 50.4 Å². The van der Waals surface area contributed by atoms with Gasteiger partial charge in [0, 0.05) is 61.8 Å². The monoisotopic (exact) mass is 514 g/mol. The Balaban J connectivity index is 1.56. The molecule has 0 radical (unpaired) electrons. The van der Waals surface area contributed by atoms with Crippen LogP contribution in [0.1, 0.15) is 23.2 Å². The van der Waals surface area contributed by atoms with Crippen molar-refractivity contribution in [2.24, 2.45) is 0 Å². The van der Waals surface area contributed by atoms with E-state index in [1.807, 2.05) is 19.2 Å². The zero-order valence-electron chi connectivity index (χ0n) is 19.5. The molecule has 1 aromatic carbocycles. The van der Waals surface area contributed by atoms with Crippen LogP contribution >= 0.6 is 11.6 Å². The third kappa shape index (κ3) is 6.40. The van der Waals surface area contributed by atoms with E-state index in [1.54, 1.807) is 42.7 Å². The molecule has 9 nitrogen and oxygen atoms in total. The highest BCUT2D eigenvalue weighted by Crippen LogP contribution is 2.30. The molecule has 11 heteroatoms. The summed E-state index contributed by atoms with van der Waals surface area (Å²) in [7, 11) is -1.54. The Morgan fingerprint density at radius 1 is 1.11 bits per heavy atom. The fourth-order valence-electron chi connectivity index (χ4n) is 4.20. The van der Waals surface area contributed by atoms with Gasteiger partial charge in [-0.05, 0) is 55.3 Å². The van der Waals surface area contributed by atoms with E-state index >= 15 is 0 Å². The first-order valence-corrected chi connectivity index (χ1v) is 13.4. The van der Waals surface area contributed by atoms with Crippen LogP contribution in [-0.2, 0) is 10.0 Å². The van der Waals surface area contributed by atoms with Crippen molar-refractivity contribution in [2.45, 2.75) is 18.9 Å². The van der Waals surface area contributed by atoms with E-state index in [9.17, 15) is 13.2 Å². The zero-order chi connectivity index (χ0) is 25.0. The Morgan fingerprint density at radius 3 is 2.46 bits per heavy atom. The number of carbonyl (C=O) groups excluding carboxylic acids is 1. The number of aromatic nitrogens is 2. The lowest BCUT2D eigenvalue weighted by atomic mass is 10.0.